The minimum Gasteiger partial charge on any atom is -0.362 e. The van der Waals surface area contributed by atoms with Crippen LogP contribution in [0.15, 0.2) is 47.2 Å². The van der Waals surface area contributed by atoms with Crippen LogP contribution < -0.4 is 5.32 Å². The van der Waals surface area contributed by atoms with Gasteiger partial charge in [-0.3, -0.25) is 9.48 Å². The molecule has 0 unspecified atom stereocenters. The van der Waals surface area contributed by atoms with Gasteiger partial charge in [0.1, 0.15) is 17.6 Å². The fourth-order valence-electron chi connectivity index (χ4n) is 3.19. The number of carbonyl (C=O) groups excluding carboxylic acids is 1. The van der Waals surface area contributed by atoms with Crippen molar-refractivity contribution in [1.29, 1.82) is 0 Å². The number of pyridine rings is 1. The lowest BCUT2D eigenvalue weighted by Crippen LogP contribution is -2.14. The van der Waals surface area contributed by atoms with Crippen molar-refractivity contribution in [2.24, 2.45) is 7.05 Å². The Balaban J connectivity index is 1.86. The molecule has 0 spiro atoms. The molecule has 0 radical (unpaired) electrons. The maximum Gasteiger partial charge on any atom is 0.256 e. The van der Waals surface area contributed by atoms with E-state index in [1.165, 1.54) is 6.26 Å². The normalized spacial score (nSPS) is 11.1. The number of benzene rings is 1. The second-order valence-corrected chi connectivity index (χ2v) is 6.31. The molecule has 0 aliphatic rings. The molecule has 0 saturated heterocycles. The average Bonchev–Trinajstić information content (AvgIpc) is 3.25. The predicted octanol–water partition coefficient (Wildman–Crippen LogP) is 3.75. The zero-order chi connectivity index (χ0) is 19.0. The molecule has 0 bridgehead atoms. The van der Waals surface area contributed by atoms with Crippen LogP contribution in [0.2, 0.25) is 0 Å². The van der Waals surface area contributed by atoms with Gasteiger partial charge < -0.3 is 9.84 Å². The van der Waals surface area contributed by atoms with Gasteiger partial charge in [-0.2, -0.15) is 5.10 Å². The molecule has 0 aliphatic carbocycles. The Kier molecular flexibility index (Phi) is 4.19. The third-order valence-corrected chi connectivity index (χ3v) is 4.51. The third kappa shape index (κ3) is 2.97. The second kappa shape index (κ2) is 6.68. The quantitative estimate of drug-likeness (QED) is 0.598. The van der Waals surface area contributed by atoms with E-state index in [1.807, 2.05) is 51.2 Å². The molecule has 0 atom stereocenters. The highest BCUT2D eigenvalue weighted by Crippen LogP contribution is 2.27. The standard InChI is InChI=1S/C20H19N5O2/c1-4-15-17(11-27-24-15)22-20(26)14-10-16(13-8-6-5-7-9-13)21-19-18(14)12(2)23-25(19)3/h5-11H,4H2,1-3H3,(H,22,26). The monoisotopic (exact) mass is 361 g/mol. The number of hydrogen-bond donors (Lipinski definition) is 1. The Bertz CT molecular complexity index is 1130. The fourth-order valence-corrected chi connectivity index (χ4v) is 3.19. The number of carbonyl (C=O) groups is 1. The van der Waals surface area contributed by atoms with Gasteiger partial charge in [0.05, 0.1) is 22.3 Å². The minimum atomic E-state index is -0.242. The van der Waals surface area contributed by atoms with Crippen LogP contribution in [-0.4, -0.2) is 25.8 Å². The number of rotatable bonds is 4. The van der Waals surface area contributed by atoms with Gasteiger partial charge in [0.2, 0.25) is 0 Å². The molecule has 0 saturated carbocycles. The highest BCUT2D eigenvalue weighted by atomic mass is 16.5. The van der Waals surface area contributed by atoms with Crippen LogP contribution in [0.5, 0.6) is 0 Å². The zero-order valence-electron chi connectivity index (χ0n) is 15.4. The van der Waals surface area contributed by atoms with E-state index in [9.17, 15) is 4.79 Å². The van der Waals surface area contributed by atoms with Gasteiger partial charge in [-0.25, -0.2) is 4.98 Å². The first kappa shape index (κ1) is 17.0. The van der Waals surface area contributed by atoms with E-state index in [0.717, 1.165) is 22.3 Å². The summed E-state index contributed by atoms with van der Waals surface area (Å²) in [6, 6.07) is 11.6. The lowest BCUT2D eigenvalue weighted by atomic mass is 10.0. The summed E-state index contributed by atoms with van der Waals surface area (Å²) in [6.45, 7) is 3.83. The number of fused-ring (bicyclic) bond motifs is 1. The van der Waals surface area contributed by atoms with Gasteiger partial charge in [0, 0.05) is 12.6 Å². The first-order valence-corrected chi connectivity index (χ1v) is 8.73. The number of amides is 1. The molecule has 136 valence electrons. The fraction of sp³-hybridized carbons (Fsp3) is 0.200. The Morgan fingerprint density at radius 1 is 1.26 bits per heavy atom. The van der Waals surface area contributed by atoms with Gasteiger partial charge >= 0.3 is 0 Å². The average molecular weight is 361 g/mol. The summed E-state index contributed by atoms with van der Waals surface area (Å²) < 4.78 is 6.69. The lowest BCUT2D eigenvalue weighted by Gasteiger charge is -2.09. The molecular weight excluding hydrogens is 342 g/mol. The van der Waals surface area contributed by atoms with Crippen LogP contribution in [0.25, 0.3) is 22.3 Å². The summed E-state index contributed by atoms with van der Waals surface area (Å²) in [5, 5.41) is 12.0. The van der Waals surface area contributed by atoms with Gasteiger partial charge in [0.15, 0.2) is 5.65 Å². The van der Waals surface area contributed by atoms with E-state index in [1.54, 1.807) is 10.7 Å². The van der Waals surface area contributed by atoms with E-state index in [0.29, 0.717) is 29.0 Å². The molecule has 0 aliphatic heterocycles. The molecule has 7 heteroatoms. The first-order valence-electron chi connectivity index (χ1n) is 8.73. The number of aromatic nitrogens is 4. The summed E-state index contributed by atoms with van der Waals surface area (Å²) in [5.74, 6) is -0.242. The molecule has 7 nitrogen and oxygen atoms in total. The van der Waals surface area contributed by atoms with Crippen LogP contribution in [0.3, 0.4) is 0 Å². The van der Waals surface area contributed by atoms with E-state index in [-0.39, 0.29) is 5.91 Å². The molecule has 27 heavy (non-hydrogen) atoms. The Hall–Kier alpha value is -3.48. The minimum absolute atomic E-state index is 0.242. The topological polar surface area (TPSA) is 85.8 Å². The van der Waals surface area contributed by atoms with Crippen molar-refractivity contribution >= 4 is 22.6 Å². The van der Waals surface area contributed by atoms with Crippen LogP contribution in [0, 0.1) is 6.92 Å². The van der Waals surface area contributed by atoms with Gasteiger partial charge in [-0.05, 0) is 19.4 Å². The Morgan fingerprint density at radius 3 is 2.78 bits per heavy atom. The largest absolute Gasteiger partial charge is 0.362 e. The van der Waals surface area contributed by atoms with Crippen molar-refractivity contribution < 1.29 is 9.32 Å². The molecule has 4 rings (SSSR count). The van der Waals surface area contributed by atoms with Gasteiger partial charge in [-0.1, -0.05) is 42.4 Å². The number of nitrogens with one attached hydrogen (secondary N) is 1. The number of anilines is 1. The number of nitrogens with zero attached hydrogens (tertiary/aromatic N) is 4. The predicted molar refractivity (Wildman–Crippen MR) is 103 cm³/mol. The number of hydrogen-bond acceptors (Lipinski definition) is 5. The number of aryl methyl sites for hydroxylation is 3. The molecule has 1 aromatic carbocycles. The molecule has 3 aromatic heterocycles. The molecule has 3 heterocycles. The maximum absolute atomic E-state index is 13.1. The van der Waals surface area contributed by atoms with Crippen molar-refractivity contribution in [2.75, 3.05) is 5.32 Å². The zero-order valence-corrected chi connectivity index (χ0v) is 15.4. The van der Waals surface area contributed by atoms with Crippen molar-refractivity contribution in [3.8, 4) is 11.3 Å². The van der Waals surface area contributed by atoms with Crippen molar-refractivity contribution in [1.82, 2.24) is 19.9 Å². The maximum atomic E-state index is 13.1. The first-order chi connectivity index (χ1) is 13.1. The molecule has 0 fully saturated rings. The molecular formula is C20H19N5O2. The summed E-state index contributed by atoms with van der Waals surface area (Å²) in [7, 11) is 1.83. The van der Waals surface area contributed by atoms with Crippen LogP contribution in [-0.2, 0) is 13.5 Å². The summed E-state index contributed by atoms with van der Waals surface area (Å²) in [5.41, 5.74) is 4.89. The Morgan fingerprint density at radius 2 is 2.04 bits per heavy atom. The van der Waals surface area contributed by atoms with Crippen molar-refractivity contribution in [3.05, 3.63) is 59.6 Å². The van der Waals surface area contributed by atoms with Crippen molar-refractivity contribution in [2.45, 2.75) is 20.3 Å². The van der Waals surface area contributed by atoms with Gasteiger partial charge in [0.25, 0.3) is 5.91 Å². The summed E-state index contributed by atoms with van der Waals surface area (Å²) in [6.07, 6.45) is 2.11. The van der Waals surface area contributed by atoms with Crippen molar-refractivity contribution in [3.63, 3.8) is 0 Å². The summed E-state index contributed by atoms with van der Waals surface area (Å²) in [4.78, 5) is 17.8. The smallest absolute Gasteiger partial charge is 0.256 e. The highest BCUT2D eigenvalue weighted by Gasteiger charge is 2.20. The molecule has 1 amide bonds. The molecule has 4 aromatic rings. The van der Waals surface area contributed by atoms with Crippen LogP contribution >= 0.6 is 0 Å². The van der Waals surface area contributed by atoms with Gasteiger partial charge in [-0.15, -0.1) is 0 Å². The SMILES string of the molecule is CCc1nocc1NC(=O)c1cc(-c2ccccc2)nc2c1c(C)nn2C. The van der Waals surface area contributed by atoms with E-state index >= 15 is 0 Å². The van der Waals surface area contributed by atoms with Crippen LogP contribution in [0.1, 0.15) is 28.7 Å². The Labute approximate surface area is 156 Å². The molecule has 1 N–H and O–H groups in total. The lowest BCUT2D eigenvalue weighted by molar-refractivity contribution is 0.102. The van der Waals surface area contributed by atoms with E-state index in [4.69, 9.17) is 9.51 Å². The second-order valence-electron chi connectivity index (χ2n) is 6.31. The van der Waals surface area contributed by atoms with E-state index < -0.39 is 0 Å². The summed E-state index contributed by atoms with van der Waals surface area (Å²) >= 11 is 0. The van der Waals surface area contributed by atoms with Crippen LogP contribution in [0.4, 0.5) is 5.69 Å². The highest BCUT2D eigenvalue weighted by molar-refractivity contribution is 6.13. The van der Waals surface area contributed by atoms with E-state index in [2.05, 4.69) is 15.6 Å². The third-order valence-electron chi connectivity index (χ3n) is 4.51.